The summed E-state index contributed by atoms with van der Waals surface area (Å²) in [6.45, 7) is 8.30. The summed E-state index contributed by atoms with van der Waals surface area (Å²) in [6, 6.07) is 5.27. The molecule has 19 heavy (non-hydrogen) atoms. The minimum atomic E-state index is 0.0256. The number of nitrogens with two attached hydrogens (primary N) is 1. The monoisotopic (exact) mass is 296 g/mol. The van der Waals surface area contributed by atoms with E-state index in [9.17, 15) is 4.79 Å². The summed E-state index contributed by atoms with van der Waals surface area (Å²) in [6.07, 6.45) is 3.39. The highest BCUT2D eigenvalue weighted by atomic mass is 35.5. The number of hydrogen-bond donors (Lipinski definition) is 1. The number of thioether (sulfide) groups is 1. The van der Waals surface area contributed by atoms with Crippen molar-refractivity contribution >= 4 is 35.0 Å². The zero-order valence-corrected chi connectivity index (χ0v) is 12.2. The molecule has 0 saturated heterocycles. The second kappa shape index (κ2) is 7.92. The van der Waals surface area contributed by atoms with Gasteiger partial charge >= 0.3 is 0 Å². The molecule has 1 aromatic carbocycles. The standard InChI is InChI=1S/C14H17ClN2OS/c1-3-7-17(8-4-2)14(18)10-19-13-6-5-11(16)9-12(13)15/h3-6,9H,1-2,7-8,10,16H2. The van der Waals surface area contributed by atoms with Gasteiger partial charge < -0.3 is 10.6 Å². The molecule has 0 radical (unpaired) electrons. The van der Waals surface area contributed by atoms with Crippen LogP contribution in [0.4, 0.5) is 5.69 Å². The summed E-state index contributed by atoms with van der Waals surface area (Å²) in [5.41, 5.74) is 6.23. The van der Waals surface area contributed by atoms with E-state index in [1.165, 1.54) is 11.8 Å². The lowest BCUT2D eigenvalue weighted by atomic mass is 10.3. The molecule has 0 aliphatic rings. The van der Waals surface area contributed by atoms with Gasteiger partial charge in [0.2, 0.25) is 5.91 Å². The molecule has 0 aromatic heterocycles. The molecule has 0 aliphatic heterocycles. The number of rotatable bonds is 7. The summed E-state index contributed by atoms with van der Waals surface area (Å²) in [5, 5.41) is 0.566. The molecule has 0 aliphatic carbocycles. The van der Waals surface area contributed by atoms with Crippen LogP contribution < -0.4 is 5.73 Å². The highest BCUT2D eigenvalue weighted by Gasteiger charge is 2.12. The Morgan fingerprint density at radius 1 is 1.37 bits per heavy atom. The van der Waals surface area contributed by atoms with Gasteiger partial charge in [0, 0.05) is 23.7 Å². The van der Waals surface area contributed by atoms with E-state index in [4.69, 9.17) is 17.3 Å². The number of anilines is 1. The molecule has 102 valence electrons. The van der Waals surface area contributed by atoms with Crippen LogP contribution in [0.2, 0.25) is 5.02 Å². The maximum atomic E-state index is 12.0. The van der Waals surface area contributed by atoms with Gasteiger partial charge in [0.25, 0.3) is 0 Å². The number of nitrogens with zero attached hydrogens (tertiary/aromatic N) is 1. The molecule has 0 fully saturated rings. The van der Waals surface area contributed by atoms with Crippen LogP contribution in [0.5, 0.6) is 0 Å². The summed E-state index contributed by atoms with van der Waals surface area (Å²) in [7, 11) is 0. The normalized spacial score (nSPS) is 9.95. The van der Waals surface area contributed by atoms with Crippen molar-refractivity contribution in [1.82, 2.24) is 4.90 Å². The lowest BCUT2D eigenvalue weighted by Gasteiger charge is -2.19. The van der Waals surface area contributed by atoms with Gasteiger partial charge in [-0.1, -0.05) is 23.8 Å². The van der Waals surface area contributed by atoms with Gasteiger partial charge in [-0.3, -0.25) is 4.79 Å². The average molecular weight is 297 g/mol. The number of carbonyl (C=O) groups is 1. The molecular formula is C14H17ClN2OS. The summed E-state index contributed by atoms with van der Waals surface area (Å²) in [5.74, 6) is 0.350. The van der Waals surface area contributed by atoms with Gasteiger partial charge in [0.1, 0.15) is 0 Å². The SMILES string of the molecule is C=CCN(CC=C)C(=O)CSc1ccc(N)cc1Cl. The quantitative estimate of drug-likeness (QED) is 0.477. The number of nitrogen functional groups attached to an aromatic ring is 1. The number of halogens is 1. The Labute approximate surface area is 123 Å². The average Bonchev–Trinajstić information content (AvgIpc) is 2.37. The fourth-order valence-corrected chi connectivity index (χ4v) is 2.63. The molecule has 0 saturated carbocycles. The Bertz CT molecular complexity index is 467. The zero-order chi connectivity index (χ0) is 14.3. The van der Waals surface area contributed by atoms with E-state index in [1.54, 1.807) is 29.2 Å². The van der Waals surface area contributed by atoms with Crippen LogP contribution in [0.25, 0.3) is 0 Å². The third-order valence-electron chi connectivity index (χ3n) is 2.36. The molecule has 1 amide bonds. The van der Waals surface area contributed by atoms with Crippen LogP contribution in [0, 0.1) is 0 Å². The summed E-state index contributed by atoms with van der Waals surface area (Å²) < 4.78 is 0. The van der Waals surface area contributed by atoms with Crippen LogP contribution in [0.1, 0.15) is 0 Å². The van der Waals surface area contributed by atoms with Crippen molar-refractivity contribution in [2.24, 2.45) is 0 Å². The van der Waals surface area contributed by atoms with E-state index in [-0.39, 0.29) is 5.91 Å². The second-order valence-electron chi connectivity index (χ2n) is 3.85. The van der Waals surface area contributed by atoms with Crippen molar-refractivity contribution < 1.29 is 4.79 Å². The molecule has 3 nitrogen and oxygen atoms in total. The Morgan fingerprint density at radius 3 is 2.53 bits per heavy atom. The van der Waals surface area contributed by atoms with E-state index in [1.807, 2.05) is 6.07 Å². The number of amides is 1. The fraction of sp³-hybridized carbons (Fsp3) is 0.214. The number of hydrogen-bond acceptors (Lipinski definition) is 3. The summed E-state index contributed by atoms with van der Waals surface area (Å²) >= 11 is 7.45. The van der Waals surface area contributed by atoms with Gasteiger partial charge in [-0.2, -0.15) is 0 Å². The number of benzene rings is 1. The fourth-order valence-electron chi connectivity index (χ4n) is 1.45. The van der Waals surface area contributed by atoms with Crippen molar-refractivity contribution in [3.63, 3.8) is 0 Å². The molecular weight excluding hydrogens is 280 g/mol. The third-order valence-corrected chi connectivity index (χ3v) is 3.84. The highest BCUT2D eigenvalue weighted by molar-refractivity contribution is 8.00. The van der Waals surface area contributed by atoms with Crippen LogP contribution in [0.15, 0.2) is 48.4 Å². The van der Waals surface area contributed by atoms with Crippen molar-refractivity contribution in [3.05, 3.63) is 48.5 Å². The molecule has 1 rings (SSSR count). The predicted molar refractivity (Wildman–Crippen MR) is 83.6 cm³/mol. The van der Waals surface area contributed by atoms with E-state index >= 15 is 0 Å². The molecule has 0 atom stereocenters. The van der Waals surface area contributed by atoms with Crippen molar-refractivity contribution in [3.8, 4) is 0 Å². The number of carbonyl (C=O) groups excluding carboxylic acids is 1. The maximum Gasteiger partial charge on any atom is 0.233 e. The lowest BCUT2D eigenvalue weighted by Crippen LogP contribution is -2.32. The van der Waals surface area contributed by atoms with Gasteiger partial charge in [0.05, 0.1) is 10.8 Å². The Balaban J connectivity index is 2.61. The van der Waals surface area contributed by atoms with Crippen LogP contribution in [-0.4, -0.2) is 29.6 Å². The predicted octanol–water partition coefficient (Wildman–Crippen LogP) is 3.21. The third kappa shape index (κ3) is 5.01. The molecule has 0 heterocycles. The topological polar surface area (TPSA) is 46.3 Å². The largest absolute Gasteiger partial charge is 0.399 e. The van der Waals surface area contributed by atoms with E-state index in [0.717, 1.165) is 4.90 Å². The van der Waals surface area contributed by atoms with Gasteiger partial charge in [-0.15, -0.1) is 24.9 Å². The van der Waals surface area contributed by atoms with Crippen LogP contribution in [-0.2, 0) is 4.79 Å². The Morgan fingerprint density at radius 2 is 2.00 bits per heavy atom. The van der Waals surface area contributed by atoms with Crippen molar-refractivity contribution in [2.75, 3.05) is 24.6 Å². The maximum absolute atomic E-state index is 12.0. The van der Waals surface area contributed by atoms with Gasteiger partial charge in [-0.05, 0) is 18.2 Å². The van der Waals surface area contributed by atoms with E-state index in [2.05, 4.69) is 13.2 Å². The van der Waals surface area contributed by atoms with E-state index in [0.29, 0.717) is 29.6 Å². The minimum Gasteiger partial charge on any atom is -0.399 e. The second-order valence-corrected chi connectivity index (χ2v) is 5.28. The molecule has 1 aromatic rings. The summed E-state index contributed by atoms with van der Waals surface area (Å²) in [4.78, 5) is 14.5. The van der Waals surface area contributed by atoms with Crippen molar-refractivity contribution in [1.29, 1.82) is 0 Å². The highest BCUT2D eigenvalue weighted by Crippen LogP contribution is 2.28. The Kier molecular flexibility index (Phi) is 6.53. The van der Waals surface area contributed by atoms with Crippen molar-refractivity contribution in [2.45, 2.75) is 4.90 Å². The molecule has 0 unspecified atom stereocenters. The van der Waals surface area contributed by atoms with E-state index < -0.39 is 0 Å². The molecule has 2 N–H and O–H groups in total. The zero-order valence-electron chi connectivity index (χ0n) is 10.6. The Hall–Kier alpha value is -1.39. The van der Waals surface area contributed by atoms with Gasteiger partial charge in [-0.25, -0.2) is 0 Å². The van der Waals surface area contributed by atoms with Gasteiger partial charge in [0.15, 0.2) is 0 Å². The van der Waals surface area contributed by atoms with Crippen LogP contribution >= 0.6 is 23.4 Å². The smallest absolute Gasteiger partial charge is 0.233 e. The first-order valence-electron chi connectivity index (χ1n) is 5.76. The first kappa shape index (κ1) is 15.7. The lowest BCUT2D eigenvalue weighted by molar-refractivity contribution is -0.127. The molecule has 0 bridgehead atoms. The van der Waals surface area contributed by atoms with Crippen LogP contribution in [0.3, 0.4) is 0 Å². The first-order chi connectivity index (χ1) is 9.08. The molecule has 5 heteroatoms. The minimum absolute atomic E-state index is 0.0256. The molecule has 0 spiro atoms. The first-order valence-corrected chi connectivity index (χ1v) is 7.12.